The van der Waals surface area contributed by atoms with E-state index in [9.17, 15) is 19.7 Å². The average Bonchev–Trinajstić information content (AvgIpc) is 2.96. The molecule has 1 aromatic rings. The fourth-order valence-electron chi connectivity index (χ4n) is 2.10. The molecule has 2 heterocycles. The number of hydrogen-bond donors (Lipinski definition) is 1. The minimum absolute atomic E-state index is 0.116. The zero-order valence-corrected chi connectivity index (χ0v) is 12.7. The predicted molar refractivity (Wildman–Crippen MR) is 75.6 cm³/mol. The van der Waals surface area contributed by atoms with Crippen LogP contribution in [-0.4, -0.2) is 61.8 Å². The number of carbonyl (C=O) groups is 2. The molecule has 126 valence electrons. The molecule has 1 aliphatic heterocycles. The molecule has 0 atom stereocenters. The fourth-order valence-corrected chi connectivity index (χ4v) is 2.10. The van der Waals surface area contributed by atoms with Gasteiger partial charge in [-0.25, -0.2) is 0 Å². The van der Waals surface area contributed by atoms with Crippen molar-refractivity contribution in [2.45, 2.75) is 6.29 Å². The van der Waals surface area contributed by atoms with Gasteiger partial charge in [0.1, 0.15) is 4.92 Å². The Bertz CT molecular complexity index is 590. The molecule has 0 saturated carbocycles. The van der Waals surface area contributed by atoms with Crippen LogP contribution >= 0.6 is 0 Å². The van der Waals surface area contributed by atoms with Crippen molar-refractivity contribution in [2.24, 2.45) is 5.92 Å². The van der Waals surface area contributed by atoms with Gasteiger partial charge in [0.2, 0.25) is 5.91 Å². The number of nitrogens with zero attached hydrogens (tertiary/aromatic N) is 2. The number of rotatable bonds is 7. The summed E-state index contributed by atoms with van der Waals surface area (Å²) in [5.41, 5.74) is 0. The highest BCUT2D eigenvalue weighted by Gasteiger charge is 2.37. The molecule has 0 spiro atoms. The summed E-state index contributed by atoms with van der Waals surface area (Å²) in [5, 5.41) is 13.2. The Morgan fingerprint density at radius 2 is 2.09 bits per heavy atom. The average molecular weight is 327 g/mol. The quantitative estimate of drug-likeness (QED) is 0.424. The van der Waals surface area contributed by atoms with Crippen molar-refractivity contribution in [3.05, 3.63) is 28.0 Å². The van der Waals surface area contributed by atoms with Crippen molar-refractivity contribution in [2.75, 3.05) is 33.9 Å². The minimum atomic E-state index is -0.717. The monoisotopic (exact) mass is 327 g/mol. The standard InChI is InChI=1S/C13H17N3O7/c1-21-11(22-2)5-14-12(17)8-6-15(7-8)13(18)9-3-4-10(23-9)16(19)20/h3-4,8,11H,5-7H2,1-2H3,(H,14,17). The molecule has 0 aromatic carbocycles. The van der Waals surface area contributed by atoms with Crippen LogP contribution in [0, 0.1) is 16.0 Å². The van der Waals surface area contributed by atoms with E-state index >= 15 is 0 Å². The molecule has 0 unspecified atom stereocenters. The van der Waals surface area contributed by atoms with Gasteiger partial charge in [-0.3, -0.25) is 19.7 Å². The summed E-state index contributed by atoms with van der Waals surface area (Å²) in [6.45, 7) is 0.661. The Balaban J connectivity index is 1.80. The number of furan rings is 1. The highest BCUT2D eigenvalue weighted by molar-refractivity contribution is 5.94. The first-order chi connectivity index (χ1) is 11.0. The van der Waals surface area contributed by atoms with E-state index in [2.05, 4.69) is 5.32 Å². The third kappa shape index (κ3) is 3.85. The zero-order chi connectivity index (χ0) is 17.0. The van der Waals surface area contributed by atoms with Crippen LogP contribution in [0.5, 0.6) is 0 Å². The highest BCUT2D eigenvalue weighted by atomic mass is 16.7. The molecular weight excluding hydrogens is 310 g/mol. The summed E-state index contributed by atoms with van der Waals surface area (Å²) < 4.78 is 14.7. The molecule has 0 bridgehead atoms. The van der Waals surface area contributed by atoms with Gasteiger partial charge in [0.25, 0.3) is 5.91 Å². The molecule has 10 heteroatoms. The first-order valence-corrected chi connectivity index (χ1v) is 6.83. The lowest BCUT2D eigenvalue weighted by Crippen LogP contribution is -2.56. The van der Waals surface area contributed by atoms with Gasteiger partial charge < -0.3 is 24.1 Å². The fraction of sp³-hybridized carbons (Fsp3) is 0.538. The van der Waals surface area contributed by atoms with E-state index in [-0.39, 0.29) is 37.2 Å². The molecule has 1 saturated heterocycles. The van der Waals surface area contributed by atoms with Crippen molar-refractivity contribution in [3.63, 3.8) is 0 Å². The first kappa shape index (κ1) is 16.9. The molecule has 10 nitrogen and oxygen atoms in total. The Morgan fingerprint density at radius 1 is 1.43 bits per heavy atom. The lowest BCUT2D eigenvalue weighted by atomic mass is 9.99. The van der Waals surface area contributed by atoms with Crippen LogP contribution in [0.25, 0.3) is 0 Å². The third-order valence-electron chi connectivity index (χ3n) is 3.49. The molecular formula is C13H17N3O7. The van der Waals surface area contributed by atoms with Gasteiger partial charge in [-0.05, 0) is 6.07 Å². The van der Waals surface area contributed by atoms with E-state index in [4.69, 9.17) is 13.9 Å². The van der Waals surface area contributed by atoms with Crippen molar-refractivity contribution in [1.82, 2.24) is 10.2 Å². The molecule has 0 radical (unpaired) electrons. The van der Waals surface area contributed by atoms with E-state index in [0.717, 1.165) is 6.07 Å². The van der Waals surface area contributed by atoms with Crippen molar-refractivity contribution >= 4 is 17.7 Å². The Hall–Kier alpha value is -2.46. The number of methoxy groups -OCH3 is 2. The van der Waals surface area contributed by atoms with Gasteiger partial charge in [0.05, 0.1) is 18.5 Å². The van der Waals surface area contributed by atoms with Gasteiger partial charge >= 0.3 is 5.88 Å². The normalized spacial score (nSPS) is 14.7. The van der Waals surface area contributed by atoms with Crippen LogP contribution < -0.4 is 5.32 Å². The summed E-state index contributed by atoms with van der Waals surface area (Å²) in [6, 6.07) is 2.36. The number of nitro groups is 1. The van der Waals surface area contributed by atoms with Gasteiger partial charge in [0.15, 0.2) is 12.1 Å². The Kier molecular flexibility index (Phi) is 5.29. The summed E-state index contributed by atoms with van der Waals surface area (Å²) in [7, 11) is 2.93. The van der Waals surface area contributed by atoms with E-state index in [0.29, 0.717) is 0 Å². The molecule has 1 aromatic heterocycles. The lowest BCUT2D eigenvalue weighted by Gasteiger charge is -2.37. The van der Waals surface area contributed by atoms with Crippen molar-refractivity contribution in [1.29, 1.82) is 0 Å². The van der Waals surface area contributed by atoms with Crippen molar-refractivity contribution < 1.29 is 28.4 Å². The van der Waals surface area contributed by atoms with Gasteiger partial charge in [-0.15, -0.1) is 0 Å². The van der Waals surface area contributed by atoms with E-state index in [1.54, 1.807) is 0 Å². The molecule has 2 amide bonds. The second kappa shape index (κ2) is 7.20. The van der Waals surface area contributed by atoms with Gasteiger partial charge in [0, 0.05) is 27.3 Å². The Morgan fingerprint density at radius 3 is 2.61 bits per heavy atom. The predicted octanol–water partition coefficient (Wildman–Crippen LogP) is -0.00510. The summed E-state index contributed by atoms with van der Waals surface area (Å²) >= 11 is 0. The molecule has 2 rings (SSSR count). The van der Waals surface area contributed by atoms with Crippen LogP contribution in [0.2, 0.25) is 0 Å². The number of likely N-dealkylation sites (tertiary alicyclic amines) is 1. The van der Waals surface area contributed by atoms with Crippen LogP contribution in [0.3, 0.4) is 0 Å². The number of ether oxygens (including phenoxy) is 2. The zero-order valence-electron chi connectivity index (χ0n) is 12.7. The summed E-state index contributed by atoms with van der Waals surface area (Å²) in [5.74, 6) is -1.63. The van der Waals surface area contributed by atoms with Crippen molar-refractivity contribution in [3.8, 4) is 0 Å². The first-order valence-electron chi connectivity index (χ1n) is 6.83. The highest BCUT2D eigenvalue weighted by Crippen LogP contribution is 2.22. The molecule has 0 aliphatic carbocycles. The second-order valence-corrected chi connectivity index (χ2v) is 4.95. The molecule has 1 N–H and O–H groups in total. The maximum absolute atomic E-state index is 12.0. The van der Waals surface area contributed by atoms with Crippen LogP contribution in [0.15, 0.2) is 16.5 Å². The molecule has 1 aliphatic rings. The maximum atomic E-state index is 12.0. The van der Waals surface area contributed by atoms with E-state index < -0.39 is 23.0 Å². The number of amides is 2. The minimum Gasteiger partial charge on any atom is -0.395 e. The van der Waals surface area contributed by atoms with Gasteiger partial charge in [-0.2, -0.15) is 0 Å². The van der Waals surface area contributed by atoms with E-state index in [1.807, 2.05) is 0 Å². The summed E-state index contributed by atoms with van der Waals surface area (Å²) in [6.07, 6.45) is -0.527. The topological polar surface area (TPSA) is 124 Å². The molecule has 1 fully saturated rings. The smallest absolute Gasteiger partial charge is 0.395 e. The maximum Gasteiger partial charge on any atom is 0.433 e. The Labute approximate surface area is 131 Å². The lowest BCUT2D eigenvalue weighted by molar-refractivity contribution is -0.402. The SMILES string of the molecule is COC(CNC(=O)C1CN(C(=O)c2ccc([N+](=O)[O-])o2)C1)OC. The van der Waals surface area contributed by atoms with E-state index in [1.165, 1.54) is 25.2 Å². The van der Waals surface area contributed by atoms with Crippen LogP contribution in [-0.2, 0) is 14.3 Å². The van der Waals surface area contributed by atoms with Crippen LogP contribution in [0.4, 0.5) is 5.88 Å². The van der Waals surface area contributed by atoms with Crippen LogP contribution in [0.1, 0.15) is 10.6 Å². The summed E-state index contributed by atoms with van der Waals surface area (Å²) in [4.78, 5) is 35.1. The second-order valence-electron chi connectivity index (χ2n) is 4.95. The molecule has 23 heavy (non-hydrogen) atoms. The number of carbonyl (C=O) groups excluding carboxylic acids is 2. The number of hydrogen-bond acceptors (Lipinski definition) is 7. The third-order valence-corrected chi connectivity index (χ3v) is 3.49. The largest absolute Gasteiger partial charge is 0.433 e. The van der Waals surface area contributed by atoms with Gasteiger partial charge in [-0.1, -0.05) is 0 Å². The number of nitrogens with one attached hydrogen (secondary N) is 1.